The lowest BCUT2D eigenvalue weighted by Gasteiger charge is -2.16. The van der Waals surface area contributed by atoms with Gasteiger partial charge in [0.2, 0.25) is 0 Å². The van der Waals surface area contributed by atoms with Gasteiger partial charge in [-0.25, -0.2) is 0 Å². The fourth-order valence-electron chi connectivity index (χ4n) is 2.06. The molecule has 0 atom stereocenters. The van der Waals surface area contributed by atoms with Crippen LogP contribution in [0.25, 0.3) is 0 Å². The maximum Gasteiger partial charge on any atom is 0.0544 e. The molecule has 0 radical (unpaired) electrons. The maximum atomic E-state index is 4.49. The molecule has 0 bridgehead atoms. The third kappa shape index (κ3) is 4.72. The Bertz CT molecular complexity index is 496. The van der Waals surface area contributed by atoms with Crippen molar-refractivity contribution >= 4 is 0 Å². The van der Waals surface area contributed by atoms with Gasteiger partial charge >= 0.3 is 0 Å². The van der Waals surface area contributed by atoms with E-state index in [1.807, 2.05) is 31.6 Å². The monoisotopic (exact) mass is 270 g/mol. The summed E-state index contributed by atoms with van der Waals surface area (Å²) in [7, 11) is 4.06. The molecule has 0 fully saturated rings. The van der Waals surface area contributed by atoms with Gasteiger partial charge in [0.1, 0.15) is 0 Å². The molecule has 0 aliphatic rings. The van der Waals surface area contributed by atoms with E-state index in [2.05, 4.69) is 45.4 Å². The summed E-state index contributed by atoms with van der Waals surface area (Å²) in [5, 5.41) is 3.13. The molecule has 20 heavy (non-hydrogen) atoms. The molecule has 0 saturated heterocycles. The van der Waals surface area contributed by atoms with Crippen molar-refractivity contribution in [3.8, 4) is 0 Å². The van der Waals surface area contributed by atoms with Crippen molar-refractivity contribution in [2.45, 2.75) is 19.5 Å². The molecule has 0 amide bonds. The number of pyridine rings is 2. The summed E-state index contributed by atoms with van der Waals surface area (Å²) in [5.74, 6) is 0. The summed E-state index contributed by atoms with van der Waals surface area (Å²) >= 11 is 0. The van der Waals surface area contributed by atoms with Gasteiger partial charge in [0, 0.05) is 44.1 Å². The van der Waals surface area contributed by atoms with E-state index in [-0.39, 0.29) is 0 Å². The third-order valence-electron chi connectivity index (χ3n) is 3.17. The van der Waals surface area contributed by atoms with Gasteiger partial charge in [0.15, 0.2) is 0 Å². The number of nitrogens with one attached hydrogen (secondary N) is 1. The Morgan fingerprint density at radius 3 is 2.65 bits per heavy atom. The molecule has 4 heteroatoms. The molecule has 2 rings (SSSR count). The van der Waals surface area contributed by atoms with Crippen LogP contribution in [0.3, 0.4) is 0 Å². The lowest BCUT2D eigenvalue weighted by molar-refractivity contribution is 0.326. The second-order valence-electron chi connectivity index (χ2n) is 5.00. The van der Waals surface area contributed by atoms with E-state index in [4.69, 9.17) is 0 Å². The SMILES string of the molecule is CNCc1ccc(CN(C)CCc2ccccn2)nc1. The smallest absolute Gasteiger partial charge is 0.0544 e. The van der Waals surface area contributed by atoms with E-state index in [1.165, 1.54) is 5.56 Å². The first kappa shape index (κ1) is 14.6. The van der Waals surface area contributed by atoms with Crippen molar-refractivity contribution in [3.05, 3.63) is 59.7 Å². The number of likely N-dealkylation sites (N-methyl/N-ethyl adjacent to an activating group) is 1. The van der Waals surface area contributed by atoms with Gasteiger partial charge in [-0.3, -0.25) is 9.97 Å². The molecule has 2 aromatic heterocycles. The van der Waals surface area contributed by atoms with E-state index >= 15 is 0 Å². The molecule has 2 aromatic rings. The van der Waals surface area contributed by atoms with Crippen molar-refractivity contribution in [1.29, 1.82) is 0 Å². The molecule has 0 aliphatic heterocycles. The molecule has 0 unspecified atom stereocenters. The summed E-state index contributed by atoms with van der Waals surface area (Å²) in [6, 6.07) is 10.3. The molecule has 106 valence electrons. The lowest BCUT2D eigenvalue weighted by atomic mass is 10.2. The molecule has 1 N–H and O–H groups in total. The first-order valence-corrected chi connectivity index (χ1v) is 6.95. The topological polar surface area (TPSA) is 41.0 Å². The quantitative estimate of drug-likeness (QED) is 0.834. The summed E-state index contributed by atoms with van der Waals surface area (Å²) in [5.41, 5.74) is 3.46. The summed E-state index contributed by atoms with van der Waals surface area (Å²) in [6.07, 6.45) is 4.75. The lowest BCUT2D eigenvalue weighted by Crippen LogP contribution is -2.21. The zero-order chi connectivity index (χ0) is 14.2. The van der Waals surface area contributed by atoms with Crippen molar-refractivity contribution in [2.75, 3.05) is 20.6 Å². The second-order valence-corrected chi connectivity index (χ2v) is 5.00. The Morgan fingerprint density at radius 2 is 2.00 bits per heavy atom. The van der Waals surface area contributed by atoms with Gasteiger partial charge in [0.05, 0.1) is 5.69 Å². The number of nitrogens with zero attached hydrogens (tertiary/aromatic N) is 3. The highest BCUT2D eigenvalue weighted by Gasteiger charge is 2.03. The minimum absolute atomic E-state index is 0.864. The van der Waals surface area contributed by atoms with E-state index in [0.717, 1.165) is 37.4 Å². The first-order chi connectivity index (χ1) is 9.78. The van der Waals surface area contributed by atoms with Crippen LogP contribution in [-0.4, -0.2) is 35.5 Å². The molecule has 0 aromatic carbocycles. The van der Waals surface area contributed by atoms with Crippen LogP contribution >= 0.6 is 0 Å². The predicted octanol–water partition coefficient (Wildman–Crippen LogP) is 1.87. The van der Waals surface area contributed by atoms with E-state index < -0.39 is 0 Å². The first-order valence-electron chi connectivity index (χ1n) is 6.95. The minimum atomic E-state index is 0.864. The van der Waals surface area contributed by atoms with Gasteiger partial charge in [-0.05, 0) is 37.9 Å². The van der Waals surface area contributed by atoms with Crippen LogP contribution < -0.4 is 5.32 Å². The van der Waals surface area contributed by atoms with Crippen molar-refractivity contribution in [2.24, 2.45) is 0 Å². The summed E-state index contributed by atoms with van der Waals surface area (Å²) in [6.45, 7) is 2.71. The Labute approximate surface area is 120 Å². The van der Waals surface area contributed by atoms with E-state index in [1.54, 1.807) is 0 Å². The number of rotatable bonds is 7. The summed E-state index contributed by atoms with van der Waals surface area (Å²) < 4.78 is 0. The largest absolute Gasteiger partial charge is 0.316 e. The average Bonchev–Trinajstić information content (AvgIpc) is 2.49. The van der Waals surface area contributed by atoms with Crippen LogP contribution in [0, 0.1) is 0 Å². The van der Waals surface area contributed by atoms with Crippen LogP contribution in [0.4, 0.5) is 0 Å². The van der Waals surface area contributed by atoms with Gasteiger partial charge in [-0.15, -0.1) is 0 Å². The van der Waals surface area contributed by atoms with Crippen molar-refractivity contribution in [3.63, 3.8) is 0 Å². The zero-order valence-electron chi connectivity index (χ0n) is 12.2. The number of aromatic nitrogens is 2. The molecule has 2 heterocycles. The minimum Gasteiger partial charge on any atom is -0.316 e. The maximum absolute atomic E-state index is 4.49. The normalized spacial score (nSPS) is 10.9. The van der Waals surface area contributed by atoms with Gasteiger partial charge in [-0.2, -0.15) is 0 Å². The van der Waals surface area contributed by atoms with Crippen LogP contribution in [0.15, 0.2) is 42.7 Å². The highest BCUT2D eigenvalue weighted by molar-refractivity contribution is 5.14. The van der Waals surface area contributed by atoms with Gasteiger partial charge < -0.3 is 10.2 Å². The molecule has 0 saturated carbocycles. The standard InChI is InChI=1S/C16H22N4/c1-17-11-14-6-7-16(19-12-14)13-20(2)10-8-15-5-3-4-9-18-15/h3-7,9,12,17H,8,10-11,13H2,1-2H3. The zero-order valence-corrected chi connectivity index (χ0v) is 12.2. The van der Waals surface area contributed by atoms with E-state index in [9.17, 15) is 0 Å². The van der Waals surface area contributed by atoms with Crippen LogP contribution in [-0.2, 0) is 19.5 Å². The Balaban J connectivity index is 1.80. The highest BCUT2D eigenvalue weighted by Crippen LogP contribution is 2.04. The van der Waals surface area contributed by atoms with Gasteiger partial charge in [-0.1, -0.05) is 12.1 Å². The predicted molar refractivity (Wildman–Crippen MR) is 81.3 cm³/mol. The van der Waals surface area contributed by atoms with Crippen molar-refractivity contribution in [1.82, 2.24) is 20.2 Å². The summed E-state index contributed by atoms with van der Waals surface area (Å²) in [4.78, 5) is 11.1. The van der Waals surface area contributed by atoms with E-state index in [0.29, 0.717) is 0 Å². The molecule has 0 spiro atoms. The Hall–Kier alpha value is -1.78. The van der Waals surface area contributed by atoms with Crippen LogP contribution in [0.5, 0.6) is 0 Å². The molecule has 4 nitrogen and oxygen atoms in total. The Kier molecular flexibility index (Phi) is 5.65. The van der Waals surface area contributed by atoms with Crippen molar-refractivity contribution < 1.29 is 0 Å². The Morgan fingerprint density at radius 1 is 1.10 bits per heavy atom. The fraction of sp³-hybridized carbons (Fsp3) is 0.375. The third-order valence-corrected chi connectivity index (χ3v) is 3.17. The molecular formula is C16H22N4. The van der Waals surface area contributed by atoms with Crippen LogP contribution in [0.2, 0.25) is 0 Å². The molecule has 0 aliphatic carbocycles. The fourth-order valence-corrected chi connectivity index (χ4v) is 2.06. The highest BCUT2D eigenvalue weighted by atomic mass is 15.1. The molecular weight excluding hydrogens is 248 g/mol. The number of hydrogen-bond acceptors (Lipinski definition) is 4. The average molecular weight is 270 g/mol. The van der Waals surface area contributed by atoms with Crippen LogP contribution in [0.1, 0.15) is 17.0 Å². The van der Waals surface area contributed by atoms with Gasteiger partial charge in [0.25, 0.3) is 0 Å². The second kappa shape index (κ2) is 7.72. The number of hydrogen-bond donors (Lipinski definition) is 1.